The Bertz CT molecular complexity index is 968. The summed E-state index contributed by atoms with van der Waals surface area (Å²) in [5, 5.41) is 8.57. The Morgan fingerprint density at radius 1 is 0.970 bits per heavy atom. The van der Waals surface area contributed by atoms with Gasteiger partial charge in [-0.3, -0.25) is 4.79 Å². The molecule has 0 aromatic heterocycles. The summed E-state index contributed by atoms with van der Waals surface area (Å²) in [4.78, 5) is 11.8. The summed E-state index contributed by atoms with van der Waals surface area (Å²) >= 11 is 0. The van der Waals surface area contributed by atoms with Crippen molar-refractivity contribution in [3.8, 4) is 11.5 Å². The van der Waals surface area contributed by atoms with Crippen molar-refractivity contribution in [1.29, 1.82) is 0 Å². The molecule has 0 saturated carbocycles. The number of benzene rings is 2. The van der Waals surface area contributed by atoms with Crippen LogP contribution >= 0.6 is 0 Å². The van der Waals surface area contributed by atoms with Gasteiger partial charge in [0.15, 0.2) is 0 Å². The average molecular weight is 476 g/mol. The first kappa shape index (κ1) is 26.4. The zero-order valence-electron chi connectivity index (χ0n) is 19.6. The van der Waals surface area contributed by atoms with Crippen LogP contribution in [0.25, 0.3) is 0 Å². The number of methoxy groups -OCH3 is 2. The molecule has 0 heterocycles. The lowest BCUT2D eigenvalue weighted by Crippen LogP contribution is -2.46. The van der Waals surface area contributed by atoms with Gasteiger partial charge in [0.05, 0.1) is 25.4 Å². The van der Waals surface area contributed by atoms with E-state index in [0.29, 0.717) is 17.9 Å². The van der Waals surface area contributed by atoms with Crippen LogP contribution in [0.15, 0.2) is 61.2 Å². The smallest absolute Gasteiger partial charge is 0.307 e. The quantitative estimate of drug-likeness (QED) is 0.433. The summed E-state index contributed by atoms with van der Waals surface area (Å²) in [6.07, 6.45) is 2.01. The van der Waals surface area contributed by atoms with Crippen LogP contribution in [-0.2, 0) is 27.9 Å². The fourth-order valence-corrected chi connectivity index (χ4v) is 6.19. The molecular weight excluding hydrogens is 442 g/mol. The van der Waals surface area contributed by atoms with Crippen LogP contribution < -0.4 is 9.47 Å². The number of ether oxygens (including phenoxy) is 2. The summed E-state index contributed by atoms with van der Waals surface area (Å²) in [6, 6.07) is 14.3. The van der Waals surface area contributed by atoms with Crippen LogP contribution in [0.3, 0.4) is 0 Å². The number of carboxylic acid groups (broad SMARTS) is 1. The number of hydrogen-bond donors (Lipinski definition) is 1. The second-order valence-electron chi connectivity index (χ2n) is 8.10. The Kier molecular flexibility index (Phi) is 9.49. The Morgan fingerprint density at radius 3 is 1.73 bits per heavy atom. The lowest BCUT2D eigenvalue weighted by molar-refractivity contribution is -0.141. The molecule has 180 valence electrons. The highest BCUT2D eigenvalue weighted by molar-refractivity contribution is 7.89. The van der Waals surface area contributed by atoms with Crippen LogP contribution in [0.4, 0.5) is 0 Å². The van der Waals surface area contributed by atoms with E-state index in [1.165, 1.54) is 11.2 Å². The van der Waals surface area contributed by atoms with Crippen molar-refractivity contribution in [2.75, 3.05) is 14.2 Å². The first-order valence-electron chi connectivity index (χ1n) is 10.7. The summed E-state index contributed by atoms with van der Waals surface area (Å²) < 4.78 is 39.6. The second-order valence-corrected chi connectivity index (χ2v) is 10.2. The van der Waals surface area contributed by atoms with E-state index in [-0.39, 0.29) is 13.1 Å². The molecule has 0 amide bonds. The Balaban J connectivity index is 2.49. The lowest BCUT2D eigenvalue weighted by atomic mass is 9.94. The maximum absolute atomic E-state index is 13.9. The van der Waals surface area contributed by atoms with Gasteiger partial charge >= 0.3 is 5.97 Å². The highest BCUT2D eigenvalue weighted by atomic mass is 32.2. The number of nitrogens with zero attached hydrogens (tertiary/aromatic N) is 1. The van der Waals surface area contributed by atoms with E-state index in [9.17, 15) is 18.3 Å². The topological polar surface area (TPSA) is 93.1 Å². The molecule has 0 saturated heterocycles. The normalized spacial score (nSPS) is 14.3. The van der Waals surface area contributed by atoms with Crippen molar-refractivity contribution in [2.24, 2.45) is 11.8 Å². The SMILES string of the molecule is C=CC[C@@H](C)[C@@H](C(C)C(=O)O)S(=O)(=O)N(Cc1ccc(OC)cc1)Cc1ccc(OC)cc1. The van der Waals surface area contributed by atoms with E-state index in [2.05, 4.69) is 6.58 Å². The van der Waals surface area contributed by atoms with Gasteiger partial charge in [0.25, 0.3) is 0 Å². The molecule has 0 aliphatic rings. The molecule has 3 atom stereocenters. The highest BCUT2D eigenvalue weighted by Gasteiger charge is 2.42. The van der Waals surface area contributed by atoms with E-state index in [0.717, 1.165) is 11.1 Å². The molecule has 1 unspecified atom stereocenters. The van der Waals surface area contributed by atoms with E-state index < -0.39 is 33.1 Å². The van der Waals surface area contributed by atoms with E-state index in [4.69, 9.17) is 9.47 Å². The molecular formula is C25H33NO6S. The lowest BCUT2D eigenvalue weighted by Gasteiger charge is -2.33. The fourth-order valence-electron chi connectivity index (χ4n) is 3.86. The summed E-state index contributed by atoms with van der Waals surface area (Å²) in [7, 11) is -0.887. The standard InChI is InChI=1S/C25H33NO6S/c1-6-7-18(2)24(19(3)25(27)28)33(29,30)26(16-20-8-12-22(31-4)13-9-20)17-21-10-14-23(32-5)15-11-21/h6,8-15,18-19,24H,1,7,16-17H2,2-5H3,(H,27,28)/t18-,19?,24+/m1/s1. The molecule has 0 aliphatic heterocycles. The predicted octanol–water partition coefficient (Wildman–Crippen LogP) is 4.34. The van der Waals surface area contributed by atoms with E-state index in [1.807, 2.05) is 0 Å². The predicted molar refractivity (Wildman–Crippen MR) is 129 cm³/mol. The Morgan fingerprint density at radius 2 is 1.39 bits per heavy atom. The third-order valence-corrected chi connectivity index (χ3v) is 8.26. The molecule has 2 rings (SSSR count). The van der Waals surface area contributed by atoms with Gasteiger partial charge in [-0.15, -0.1) is 6.58 Å². The minimum absolute atomic E-state index is 0.0992. The Labute approximate surface area is 196 Å². The van der Waals surface area contributed by atoms with E-state index in [1.54, 1.807) is 75.8 Å². The summed E-state index contributed by atoms with van der Waals surface area (Å²) in [5.41, 5.74) is 1.54. The van der Waals surface area contributed by atoms with Crippen LogP contribution in [0.2, 0.25) is 0 Å². The van der Waals surface area contributed by atoms with Gasteiger partial charge < -0.3 is 14.6 Å². The van der Waals surface area contributed by atoms with Crippen molar-refractivity contribution in [3.05, 3.63) is 72.3 Å². The van der Waals surface area contributed by atoms with E-state index >= 15 is 0 Å². The number of sulfonamides is 1. The monoisotopic (exact) mass is 475 g/mol. The van der Waals surface area contributed by atoms with Gasteiger partial charge in [0.2, 0.25) is 10.0 Å². The molecule has 2 aromatic rings. The molecule has 33 heavy (non-hydrogen) atoms. The largest absolute Gasteiger partial charge is 0.497 e. The molecule has 0 spiro atoms. The zero-order valence-corrected chi connectivity index (χ0v) is 20.4. The number of aliphatic carboxylic acids is 1. The van der Waals surface area contributed by atoms with Crippen molar-refractivity contribution in [1.82, 2.24) is 4.31 Å². The average Bonchev–Trinajstić information content (AvgIpc) is 2.79. The van der Waals surface area contributed by atoms with Crippen LogP contribution in [0.1, 0.15) is 31.4 Å². The maximum atomic E-state index is 13.9. The molecule has 0 fully saturated rings. The van der Waals surface area contributed by atoms with Crippen LogP contribution in [0, 0.1) is 11.8 Å². The highest BCUT2D eigenvalue weighted by Crippen LogP contribution is 2.30. The first-order valence-corrected chi connectivity index (χ1v) is 12.2. The van der Waals surface area contributed by atoms with Crippen LogP contribution in [0.5, 0.6) is 11.5 Å². The number of hydrogen-bond acceptors (Lipinski definition) is 5. The van der Waals surface area contributed by atoms with Gasteiger partial charge in [-0.1, -0.05) is 44.2 Å². The third kappa shape index (κ3) is 6.82. The van der Waals surface area contributed by atoms with Crippen LogP contribution in [-0.4, -0.2) is 43.3 Å². The number of carboxylic acids is 1. The van der Waals surface area contributed by atoms with Crippen molar-refractivity contribution < 1.29 is 27.8 Å². The van der Waals surface area contributed by atoms with Gasteiger partial charge in [-0.25, -0.2) is 8.42 Å². The van der Waals surface area contributed by atoms with Gasteiger partial charge in [0, 0.05) is 13.1 Å². The summed E-state index contributed by atoms with van der Waals surface area (Å²) in [6.45, 7) is 7.10. The molecule has 2 aromatic carbocycles. The molecule has 0 radical (unpaired) electrons. The van der Waals surface area contributed by atoms with Crippen molar-refractivity contribution in [3.63, 3.8) is 0 Å². The molecule has 0 aliphatic carbocycles. The van der Waals surface area contributed by atoms with Crippen molar-refractivity contribution in [2.45, 2.75) is 38.6 Å². The zero-order chi connectivity index (χ0) is 24.6. The third-order valence-electron chi connectivity index (χ3n) is 5.72. The minimum Gasteiger partial charge on any atom is -0.497 e. The molecule has 8 heteroatoms. The molecule has 7 nitrogen and oxygen atoms in total. The Hall–Kier alpha value is -2.84. The summed E-state index contributed by atoms with van der Waals surface area (Å²) in [5.74, 6) is -1.32. The molecule has 1 N–H and O–H groups in total. The number of allylic oxidation sites excluding steroid dienone is 1. The first-order chi connectivity index (χ1) is 15.6. The maximum Gasteiger partial charge on any atom is 0.307 e. The fraction of sp³-hybridized carbons (Fsp3) is 0.400. The minimum atomic E-state index is -4.01. The van der Waals surface area contributed by atoms with Crippen molar-refractivity contribution >= 4 is 16.0 Å². The number of carbonyl (C=O) groups is 1. The van der Waals surface area contributed by atoms with Gasteiger partial charge in [0.1, 0.15) is 11.5 Å². The second kappa shape index (κ2) is 11.9. The van der Waals surface area contributed by atoms with Gasteiger partial charge in [-0.2, -0.15) is 4.31 Å². The molecule has 0 bridgehead atoms. The van der Waals surface area contributed by atoms with Gasteiger partial charge in [-0.05, 0) is 47.7 Å². The number of rotatable bonds is 13.